The van der Waals surface area contributed by atoms with Crippen LogP contribution in [0.3, 0.4) is 0 Å². The summed E-state index contributed by atoms with van der Waals surface area (Å²) in [5.41, 5.74) is -0.101. The lowest BCUT2D eigenvalue weighted by Gasteiger charge is -2.31. The second kappa shape index (κ2) is 4.61. The van der Waals surface area contributed by atoms with E-state index in [1.807, 2.05) is 0 Å². The Morgan fingerprint density at radius 2 is 2.19 bits per heavy atom. The van der Waals surface area contributed by atoms with Crippen molar-refractivity contribution in [2.45, 2.75) is 51.7 Å². The first-order valence-electron chi connectivity index (χ1n) is 6.23. The summed E-state index contributed by atoms with van der Waals surface area (Å²) >= 11 is 0. The third-order valence-electron chi connectivity index (χ3n) is 2.90. The number of hydrogen-bond acceptors (Lipinski definition) is 4. The van der Waals surface area contributed by atoms with Crippen LogP contribution in [0.15, 0.2) is 0 Å². The first-order valence-corrected chi connectivity index (χ1v) is 6.23. The van der Waals surface area contributed by atoms with Gasteiger partial charge in [0, 0.05) is 32.2 Å². The molecule has 2 aliphatic rings. The number of rotatable bonds is 3. The van der Waals surface area contributed by atoms with Crippen LogP contribution in [0.1, 0.15) is 27.7 Å². The summed E-state index contributed by atoms with van der Waals surface area (Å²) in [6.45, 7) is 12.7. The molecule has 0 aromatic carbocycles. The van der Waals surface area contributed by atoms with Gasteiger partial charge in [-0.3, -0.25) is 4.90 Å². The molecule has 0 aliphatic carbocycles. The molecule has 0 spiro atoms. The van der Waals surface area contributed by atoms with E-state index in [-0.39, 0.29) is 18.0 Å². The number of hydrogen-bond donors (Lipinski definition) is 1. The molecule has 94 valence electrons. The molecule has 2 rings (SSSR count). The molecule has 0 aromatic rings. The lowest BCUT2D eigenvalue weighted by Crippen LogP contribution is -2.50. The average molecular weight is 228 g/mol. The van der Waals surface area contributed by atoms with Gasteiger partial charge in [0.05, 0.1) is 5.60 Å². The molecule has 2 heterocycles. The fourth-order valence-electron chi connectivity index (χ4n) is 2.14. The maximum atomic E-state index is 5.77. The number of epoxide rings is 1. The predicted molar refractivity (Wildman–Crippen MR) is 63.4 cm³/mol. The van der Waals surface area contributed by atoms with Crippen molar-refractivity contribution in [3.63, 3.8) is 0 Å². The predicted octanol–water partition coefficient (Wildman–Crippen LogP) is 0.820. The number of ether oxygens (including phenoxy) is 2. The molecular formula is C12H24N2O2. The Hall–Kier alpha value is -0.160. The van der Waals surface area contributed by atoms with Crippen molar-refractivity contribution in [2.24, 2.45) is 0 Å². The summed E-state index contributed by atoms with van der Waals surface area (Å²) in [4.78, 5) is 2.46. The third-order valence-corrected chi connectivity index (χ3v) is 2.90. The van der Waals surface area contributed by atoms with Gasteiger partial charge in [-0.25, -0.2) is 0 Å². The molecule has 0 aromatic heterocycles. The van der Waals surface area contributed by atoms with Crippen molar-refractivity contribution in [1.29, 1.82) is 0 Å². The van der Waals surface area contributed by atoms with Gasteiger partial charge < -0.3 is 14.8 Å². The van der Waals surface area contributed by atoms with Gasteiger partial charge in [-0.05, 0) is 27.7 Å². The van der Waals surface area contributed by atoms with Gasteiger partial charge in [0.1, 0.15) is 6.10 Å². The summed E-state index contributed by atoms with van der Waals surface area (Å²) < 4.78 is 11.3. The molecule has 3 atom stereocenters. The second-order valence-corrected chi connectivity index (χ2v) is 5.89. The van der Waals surface area contributed by atoms with Crippen LogP contribution in [0.4, 0.5) is 0 Å². The highest BCUT2D eigenvalue weighted by Crippen LogP contribution is 2.28. The summed E-state index contributed by atoms with van der Waals surface area (Å²) in [5, 5.41) is 3.44. The average Bonchev–Trinajstić information content (AvgIpc) is 2.80. The minimum atomic E-state index is -0.101. The smallest absolute Gasteiger partial charge is 0.186 e. The van der Waals surface area contributed by atoms with E-state index in [0.29, 0.717) is 6.04 Å². The minimum Gasteiger partial charge on any atom is -0.344 e. The summed E-state index contributed by atoms with van der Waals surface area (Å²) in [7, 11) is 0. The van der Waals surface area contributed by atoms with E-state index in [0.717, 1.165) is 26.2 Å². The molecule has 3 unspecified atom stereocenters. The van der Waals surface area contributed by atoms with Gasteiger partial charge in [-0.1, -0.05) is 0 Å². The molecule has 0 amide bonds. The topological polar surface area (TPSA) is 37.0 Å². The van der Waals surface area contributed by atoms with Crippen LogP contribution >= 0.6 is 0 Å². The molecule has 2 aliphatic heterocycles. The fourth-order valence-corrected chi connectivity index (χ4v) is 2.14. The molecule has 4 nitrogen and oxygen atoms in total. The van der Waals surface area contributed by atoms with E-state index in [9.17, 15) is 0 Å². The zero-order valence-corrected chi connectivity index (χ0v) is 10.8. The Morgan fingerprint density at radius 3 is 2.81 bits per heavy atom. The zero-order chi connectivity index (χ0) is 11.8. The monoisotopic (exact) mass is 228 g/mol. The quantitative estimate of drug-likeness (QED) is 0.726. The highest BCUT2D eigenvalue weighted by molar-refractivity contribution is 4.85. The molecule has 2 fully saturated rings. The summed E-state index contributed by atoms with van der Waals surface area (Å²) in [5.74, 6) is 0. The van der Waals surface area contributed by atoms with E-state index in [1.54, 1.807) is 0 Å². The number of piperazine rings is 1. The van der Waals surface area contributed by atoms with Crippen LogP contribution in [-0.2, 0) is 9.47 Å². The van der Waals surface area contributed by atoms with Crippen molar-refractivity contribution in [2.75, 3.05) is 26.2 Å². The molecule has 4 heteroatoms. The lowest BCUT2D eigenvalue weighted by atomic mass is 10.2. The van der Waals surface area contributed by atoms with Crippen LogP contribution in [0, 0.1) is 0 Å². The van der Waals surface area contributed by atoms with Gasteiger partial charge in [-0.2, -0.15) is 0 Å². The van der Waals surface area contributed by atoms with E-state index in [1.165, 1.54) is 0 Å². The fraction of sp³-hybridized carbons (Fsp3) is 1.00. The molecule has 16 heavy (non-hydrogen) atoms. The Kier molecular flexibility index (Phi) is 3.54. The SMILES string of the molecule is CC1CN(CC2OC2OC(C)(C)C)CCN1. The molecule has 0 radical (unpaired) electrons. The zero-order valence-electron chi connectivity index (χ0n) is 10.8. The summed E-state index contributed by atoms with van der Waals surface area (Å²) in [6.07, 6.45) is 0.301. The lowest BCUT2D eigenvalue weighted by molar-refractivity contribution is -0.0571. The van der Waals surface area contributed by atoms with Crippen molar-refractivity contribution in [3.05, 3.63) is 0 Å². The van der Waals surface area contributed by atoms with Gasteiger partial charge in [0.2, 0.25) is 0 Å². The van der Waals surface area contributed by atoms with Gasteiger partial charge >= 0.3 is 0 Å². The maximum Gasteiger partial charge on any atom is 0.186 e. The Balaban J connectivity index is 1.68. The second-order valence-electron chi connectivity index (χ2n) is 5.89. The molecule has 0 bridgehead atoms. The summed E-state index contributed by atoms with van der Waals surface area (Å²) in [6, 6.07) is 0.592. The normalized spacial score (nSPS) is 36.4. The number of nitrogens with one attached hydrogen (secondary N) is 1. The molecular weight excluding hydrogens is 204 g/mol. The van der Waals surface area contributed by atoms with Crippen molar-refractivity contribution in [3.8, 4) is 0 Å². The van der Waals surface area contributed by atoms with E-state index < -0.39 is 0 Å². The van der Waals surface area contributed by atoms with Crippen LogP contribution < -0.4 is 5.32 Å². The highest BCUT2D eigenvalue weighted by Gasteiger charge is 2.43. The van der Waals surface area contributed by atoms with Crippen molar-refractivity contribution in [1.82, 2.24) is 10.2 Å². The van der Waals surface area contributed by atoms with Crippen LogP contribution in [-0.4, -0.2) is 55.1 Å². The largest absolute Gasteiger partial charge is 0.344 e. The highest BCUT2D eigenvalue weighted by atomic mass is 16.8. The van der Waals surface area contributed by atoms with E-state index in [4.69, 9.17) is 9.47 Å². The third kappa shape index (κ3) is 3.70. The first-order chi connectivity index (χ1) is 7.44. The van der Waals surface area contributed by atoms with Gasteiger partial charge in [-0.15, -0.1) is 0 Å². The standard InChI is InChI=1S/C12H24N2O2/c1-9-7-14(6-5-13-9)8-10-11(15-10)16-12(2,3)4/h9-11,13H,5-8H2,1-4H3. The van der Waals surface area contributed by atoms with Crippen molar-refractivity contribution < 1.29 is 9.47 Å². The van der Waals surface area contributed by atoms with Crippen LogP contribution in [0.25, 0.3) is 0 Å². The van der Waals surface area contributed by atoms with Crippen LogP contribution in [0.5, 0.6) is 0 Å². The van der Waals surface area contributed by atoms with Crippen molar-refractivity contribution >= 4 is 0 Å². The molecule has 2 saturated heterocycles. The number of nitrogens with zero attached hydrogens (tertiary/aromatic N) is 1. The maximum absolute atomic E-state index is 5.77. The van der Waals surface area contributed by atoms with Gasteiger partial charge in [0.25, 0.3) is 0 Å². The van der Waals surface area contributed by atoms with E-state index >= 15 is 0 Å². The Morgan fingerprint density at radius 1 is 1.44 bits per heavy atom. The molecule has 1 N–H and O–H groups in total. The van der Waals surface area contributed by atoms with Gasteiger partial charge in [0.15, 0.2) is 6.29 Å². The minimum absolute atomic E-state index is 0.0187. The first kappa shape index (κ1) is 12.3. The Labute approximate surface area is 98.3 Å². The molecule has 0 saturated carbocycles. The van der Waals surface area contributed by atoms with E-state index in [2.05, 4.69) is 37.9 Å². The Bertz CT molecular complexity index is 240. The van der Waals surface area contributed by atoms with Crippen LogP contribution in [0.2, 0.25) is 0 Å².